The quantitative estimate of drug-likeness (QED) is 0.760. The van der Waals surface area contributed by atoms with E-state index in [-0.39, 0.29) is 0 Å². The van der Waals surface area contributed by atoms with E-state index >= 15 is 0 Å². The highest BCUT2D eigenvalue weighted by Gasteiger charge is 2.15. The molecule has 0 aliphatic heterocycles. The third kappa shape index (κ3) is 2.76. The van der Waals surface area contributed by atoms with Gasteiger partial charge in [0.1, 0.15) is 0 Å². The molecule has 1 aliphatic rings. The van der Waals surface area contributed by atoms with E-state index in [2.05, 4.69) is 17.5 Å². The summed E-state index contributed by atoms with van der Waals surface area (Å²) in [6, 6.07) is 7.69. The number of hydrogen-bond donors (Lipinski definition) is 1. The molecule has 1 atom stereocenters. The highest BCUT2D eigenvalue weighted by atomic mass is 35.5. The first-order valence-corrected chi connectivity index (χ1v) is 6.22. The number of hydrogen-bond acceptors (Lipinski definition) is 2. The molecule has 3 heteroatoms. The Morgan fingerprint density at radius 3 is 2.88 bits per heavy atom. The van der Waals surface area contributed by atoms with E-state index in [0.717, 1.165) is 17.1 Å². The van der Waals surface area contributed by atoms with Gasteiger partial charge in [0.15, 0.2) is 0 Å². The van der Waals surface area contributed by atoms with Crippen LogP contribution in [0.4, 0.5) is 5.69 Å². The van der Waals surface area contributed by atoms with Crippen molar-refractivity contribution in [2.24, 2.45) is 11.0 Å². The zero-order valence-electron chi connectivity index (χ0n) is 9.54. The molecule has 0 amide bonds. The van der Waals surface area contributed by atoms with E-state index < -0.39 is 0 Å². The Balaban J connectivity index is 2.05. The second kappa shape index (κ2) is 5.35. The molecule has 1 aromatic carbocycles. The standard InChI is InChI=1S/C13H17ClN2/c1-10-6-2-4-8-12(10)15-16-13-9-5-3-7-11(13)14/h3,5,7,9-10,16H,2,4,6,8H2,1H3/b15-12-/t10-/m1/s1. The largest absolute Gasteiger partial charge is 0.277 e. The Kier molecular flexibility index (Phi) is 3.83. The summed E-state index contributed by atoms with van der Waals surface area (Å²) >= 11 is 6.05. The number of halogens is 1. The van der Waals surface area contributed by atoms with Crippen molar-refractivity contribution in [3.05, 3.63) is 29.3 Å². The lowest BCUT2D eigenvalue weighted by Gasteiger charge is -2.20. The summed E-state index contributed by atoms with van der Waals surface area (Å²) in [5, 5.41) is 5.20. The SMILES string of the molecule is C[C@@H]1CCCC/C1=N/Nc1ccccc1Cl. The lowest BCUT2D eigenvalue weighted by Crippen LogP contribution is -2.17. The van der Waals surface area contributed by atoms with E-state index in [1.54, 1.807) is 0 Å². The van der Waals surface area contributed by atoms with Gasteiger partial charge in [-0.25, -0.2) is 0 Å². The fourth-order valence-electron chi connectivity index (χ4n) is 2.02. The maximum Gasteiger partial charge on any atom is 0.0748 e. The number of anilines is 1. The molecule has 1 aromatic rings. The minimum Gasteiger partial charge on any atom is -0.277 e. The Labute approximate surface area is 102 Å². The van der Waals surface area contributed by atoms with Crippen LogP contribution >= 0.6 is 11.6 Å². The summed E-state index contributed by atoms with van der Waals surface area (Å²) in [5.41, 5.74) is 5.22. The zero-order chi connectivity index (χ0) is 11.4. The van der Waals surface area contributed by atoms with Crippen LogP contribution in [-0.2, 0) is 0 Å². The highest BCUT2D eigenvalue weighted by molar-refractivity contribution is 6.33. The van der Waals surface area contributed by atoms with Gasteiger partial charge in [-0.2, -0.15) is 5.10 Å². The minimum absolute atomic E-state index is 0.601. The molecule has 2 rings (SSSR count). The molecule has 1 saturated carbocycles. The first kappa shape index (κ1) is 11.5. The van der Waals surface area contributed by atoms with Crippen molar-refractivity contribution in [1.29, 1.82) is 0 Å². The van der Waals surface area contributed by atoms with Gasteiger partial charge in [0.05, 0.1) is 10.7 Å². The molecular formula is C13H17ClN2. The predicted molar refractivity (Wildman–Crippen MR) is 70.1 cm³/mol. The third-order valence-electron chi connectivity index (χ3n) is 3.08. The second-order valence-electron chi connectivity index (χ2n) is 4.34. The van der Waals surface area contributed by atoms with Crippen molar-refractivity contribution in [2.75, 3.05) is 5.43 Å². The van der Waals surface area contributed by atoms with E-state index in [4.69, 9.17) is 11.6 Å². The molecule has 0 aromatic heterocycles. The summed E-state index contributed by atoms with van der Waals surface area (Å²) in [4.78, 5) is 0. The molecule has 0 radical (unpaired) electrons. The van der Waals surface area contributed by atoms with Gasteiger partial charge in [0.25, 0.3) is 0 Å². The summed E-state index contributed by atoms with van der Waals surface area (Å²) < 4.78 is 0. The first-order valence-electron chi connectivity index (χ1n) is 5.84. The highest BCUT2D eigenvalue weighted by Crippen LogP contribution is 2.23. The van der Waals surface area contributed by atoms with Crippen LogP contribution in [0.1, 0.15) is 32.6 Å². The van der Waals surface area contributed by atoms with Crippen molar-refractivity contribution in [3.63, 3.8) is 0 Å². The van der Waals surface area contributed by atoms with Crippen LogP contribution in [-0.4, -0.2) is 5.71 Å². The summed E-state index contributed by atoms with van der Waals surface area (Å²) in [6.07, 6.45) is 4.95. The molecule has 0 unspecified atom stereocenters. The summed E-state index contributed by atoms with van der Waals surface area (Å²) in [5.74, 6) is 0.601. The average Bonchev–Trinajstić information content (AvgIpc) is 2.30. The maximum absolute atomic E-state index is 6.05. The van der Waals surface area contributed by atoms with Gasteiger partial charge in [0.2, 0.25) is 0 Å². The lowest BCUT2D eigenvalue weighted by atomic mass is 9.89. The van der Waals surface area contributed by atoms with Gasteiger partial charge in [-0.3, -0.25) is 5.43 Å². The molecule has 0 bridgehead atoms. The average molecular weight is 237 g/mol. The number of hydrazone groups is 1. The van der Waals surface area contributed by atoms with Gasteiger partial charge in [-0.15, -0.1) is 0 Å². The Morgan fingerprint density at radius 2 is 2.12 bits per heavy atom. The third-order valence-corrected chi connectivity index (χ3v) is 3.41. The first-order chi connectivity index (χ1) is 7.77. The Morgan fingerprint density at radius 1 is 1.31 bits per heavy atom. The van der Waals surface area contributed by atoms with Gasteiger partial charge in [-0.05, 0) is 37.3 Å². The molecule has 0 spiro atoms. The molecule has 1 aliphatic carbocycles. The molecular weight excluding hydrogens is 220 g/mol. The molecule has 86 valence electrons. The van der Waals surface area contributed by atoms with Crippen LogP contribution in [0.15, 0.2) is 29.4 Å². The van der Waals surface area contributed by atoms with E-state index in [1.807, 2.05) is 24.3 Å². The van der Waals surface area contributed by atoms with Crippen LogP contribution < -0.4 is 5.43 Å². The van der Waals surface area contributed by atoms with Crippen molar-refractivity contribution in [3.8, 4) is 0 Å². The zero-order valence-corrected chi connectivity index (χ0v) is 10.3. The molecule has 0 saturated heterocycles. The number of benzene rings is 1. The topological polar surface area (TPSA) is 24.4 Å². The van der Waals surface area contributed by atoms with Gasteiger partial charge in [-0.1, -0.05) is 37.1 Å². The fraction of sp³-hybridized carbons (Fsp3) is 0.462. The molecule has 1 fully saturated rings. The normalized spacial score (nSPS) is 23.4. The van der Waals surface area contributed by atoms with Crippen molar-refractivity contribution in [1.82, 2.24) is 0 Å². The van der Waals surface area contributed by atoms with Crippen molar-refractivity contribution >= 4 is 23.0 Å². The number of nitrogens with zero attached hydrogens (tertiary/aromatic N) is 1. The molecule has 1 N–H and O–H groups in total. The van der Waals surface area contributed by atoms with Gasteiger partial charge in [0, 0.05) is 5.71 Å². The van der Waals surface area contributed by atoms with Crippen LogP contribution in [0.5, 0.6) is 0 Å². The Hall–Kier alpha value is -1.02. The lowest BCUT2D eigenvalue weighted by molar-refractivity contribution is 0.558. The fourth-order valence-corrected chi connectivity index (χ4v) is 2.20. The summed E-state index contributed by atoms with van der Waals surface area (Å²) in [7, 11) is 0. The molecule has 2 nitrogen and oxygen atoms in total. The number of para-hydroxylation sites is 1. The molecule has 16 heavy (non-hydrogen) atoms. The predicted octanol–water partition coefficient (Wildman–Crippen LogP) is 4.32. The smallest absolute Gasteiger partial charge is 0.0748 e. The maximum atomic E-state index is 6.05. The monoisotopic (exact) mass is 236 g/mol. The van der Waals surface area contributed by atoms with Crippen molar-refractivity contribution < 1.29 is 0 Å². The molecule has 0 heterocycles. The van der Waals surface area contributed by atoms with Crippen LogP contribution in [0.2, 0.25) is 5.02 Å². The second-order valence-corrected chi connectivity index (χ2v) is 4.75. The van der Waals surface area contributed by atoms with E-state index in [1.165, 1.54) is 25.0 Å². The van der Waals surface area contributed by atoms with Crippen LogP contribution in [0, 0.1) is 5.92 Å². The van der Waals surface area contributed by atoms with Crippen LogP contribution in [0.25, 0.3) is 0 Å². The van der Waals surface area contributed by atoms with E-state index in [0.29, 0.717) is 5.92 Å². The van der Waals surface area contributed by atoms with Crippen molar-refractivity contribution in [2.45, 2.75) is 32.6 Å². The van der Waals surface area contributed by atoms with Crippen LogP contribution in [0.3, 0.4) is 0 Å². The van der Waals surface area contributed by atoms with Gasteiger partial charge >= 0.3 is 0 Å². The number of rotatable bonds is 2. The summed E-state index contributed by atoms with van der Waals surface area (Å²) in [6.45, 7) is 2.24. The minimum atomic E-state index is 0.601. The number of nitrogens with one attached hydrogen (secondary N) is 1. The van der Waals surface area contributed by atoms with Gasteiger partial charge < -0.3 is 0 Å². The Bertz CT molecular complexity index is 387. The van der Waals surface area contributed by atoms with E-state index in [9.17, 15) is 0 Å².